The molecule has 0 spiro atoms. The number of esters is 1. The molecule has 2 saturated carbocycles. The van der Waals surface area contributed by atoms with Crippen LogP contribution in [-0.4, -0.2) is 109 Å². The van der Waals surface area contributed by atoms with E-state index in [1.807, 2.05) is 26.8 Å². The molecule has 1 aliphatic heterocycles. The Morgan fingerprint density at radius 2 is 1.63 bits per heavy atom. The van der Waals surface area contributed by atoms with Gasteiger partial charge in [-0.3, -0.25) is 19.2 Å². The van der Waals surface area contributed by atoms with Crippen LogP contribution in [0, 0.1) is 39.4 Å². The van der Waals surface area contributed by atoms with Crippen LogP contribution in [0.4, 0.5) is 0 Å². The molecule has 284 valence electrons. The molecule has 5 aliphatic rings. The first-order chi connectivity index (χ1) is 23.3. The highest BCUT2D eigenvalue weighted by Crippen LogP contribution is 2.73. The lowest BCUT2D eigenvalue weighted by Gasteiger charge is -2.63. The number of fused-ring (bicyclic) bond motifs is 5. The number of ether oxygens (including phenoxy) is 3. The molecule has 13 nitrogen and oxygen atoms in total. The van der Waals surface area contributed by atoms with Crippen molar-refractivity contribution in [2.45, 2.75) is 130 Å². The van der Waals surface area contributed by atoms with E-state index in [1.165, 1.54) is 19.9 Å². The van der Waals surface area contributed by atoms with Crippen molar-refractivity contribution in [3.63, 3.8) is 0 Å². The van der Waals surface area contributed by atoms with Gasteiger partial charge in [0.25, 0.3) is 0 Å². The van der Waals surface area contributed by atoms with E-state index in [0.29, 0.717) is 12.0 Å². The second-order valence-corrected chi connectivity index (χ2v) is 17.2. The number of aliphatic hydroxyl groups excluding tert-OH is 5. The highest BCUT2D eigenvalue weighted by atomic mass is 16.7. The molecule has 51 heavy (non-hydrogen) atoms. The fraction of sp³-hybridized carbons (Fsp3) is 0.737. The van der Waals surface area contributed by atoms with Crippen LogP contribution in [0.3, 0.4) is 0 Å². The largest absolute Gasteiger partial charge is 0.459 e. The van der Waals surface area contributed by atoms with E-state index in [2.05, 4.69) is 0 Å². The molecule has 0 radical (unpaired) electrons. The maximum absolute atomic E-state index is 14.8. The number of carbonyl (C=O) groups is 4. The Bertz CT molecular complexity index is 1570. The van der Waals surface area contributed by atoms with E-state index in [0.717, 1.165) is 6.08 Å². The van der Waals surface area contributed by atoms with Crippen LogP contribution in [0.15, 0.2) is 35.6 Å². The Hall–Kier alpha value is -2.78. The lowest BCUT2D eigenvalue weighted by atomic mass is 9.39. The van der Waals surface area contributed by atoms with Gasteiger partial charge in [-0.25, -0.2) is 0 Å². The summed E-state index contributed by atoms with van der Waals surface area (Å²) in [5.41, 5.74) is -6.62. The van der Waals surface area contributed by atoms with Gasteiger partial charge in [0.15, 0.2) is 11.5 Å². The van der Waals surface area contributed by atoms with Crippen molar-refractivity contribution in [3.8, 4) is 0 Å². The van der Waals surface area contributed by atoms with Gasteiger partial charge in [-0.15, -0.1) is 0 Å². The highest BCUT2D eigenvalue weighted by molar-refractivity contribution is 6.02. The molecule has 5 rings (SSSR count). The molecule has 1 heterocycles. The molecule has 13 atom stereocenters. The minimum absolute atomic E-state index is 0.0841. The molecule has 0 aromatic carbocycles. The first-order valence-corrected chi connectivity index (χ1v) is 17.6. The first kappa shape index (κ1) is 39.4. The summed E-state index contributed by atoms with van der Waals surface area (Å²) in [6.07, 6.45) is -2.57. The molecule has 4 aliphatic carbocycles. The van der Waals surface area contributed by atoms with Crippen LogP contribution in [0.1, 0.15) is 81.6 Å². The maximum atomic E-state index is 14.8. The van der Waals surface area contributed by atoms with Crippen molar-refractivity contribution >= 4 is 23.3 Å². The summed E-state index contributed by atoms with van der Waals surface area (Å²) in [6.45, 7) is 14.2. The van der Waals surface area contributed by atoms with Crippen LogP contribution in [-0.2, 0) is 33.4 Å². The molecule has 0 aromatic heterocycles. The number of carbonyl (C=O) groups excluding carboxylic acids is 4. The Labute approximate surface area is 298 Å². The summed E-state index contributed by atoms with van der Waals surface area (Å²) in [5, 5.41) is 64.6. The maximum Gasteiger partial charge on any atom is 0.303 e. The monoisotopic (exact) mass is 718 g/mol. The summed E-state index contributed by atoms with van der Waals surface area (Å²) >= 11 is 0. The van der Waals surface area contributed by atoms with Crippen LogP contribution in [0.2, 0.25) is 0 Å². The predicted molar refractivity (Wildman–Crippen MR) is 180 cm³/mol. The zero-order chi connectivity index (χ0) is 38.4. The number of allylic oxidation sites excluding steroid dienone is 4. The lowest BCUT2D eigenvalue weighted by Crippen LogP contribution is -2.64. The average Bonchev–Trinajstić information content (AvgIpc) is 3.22. The van der Waals surface area contributed by atoms with Gasteiger partial charge in [0.05, 0.1) is 18.1 Å². The van der Waals surface area contributed by atoms with Gasteiger partial charge in [-0.1, -0.05) is 32.4 Å². The Morgan fingerprint density at radius 3 is 2.22 bits per heavy atom. The number of hydrogen-bond donors (Lipinski definition) is 6. The summed E-state index contributed by atoms with van der Waals surface area (Å²) in [4.78, 5) is 53.9. The van der Waals surface area contributed by atoms with Crippen molar-refractivity contribution in [1.82, 2.24) is 0 Å². The van der Waals surface area contributed by atoms with Crippen LogP contribution >= 0.6 is 0 Å². The van der Waals surface area contributed by atoms with Crippen molar-refractivity contribution in [1.29, 1.82) is 0 Å². The van der Waals surface area contributed by atoms with Crippen molar-refractivity contribution < 1.29 is 64.0 Å². The third kappa shape index (κ3) is 5.87. The Morgan fingerprint density at radius 1 is 1.00 bits per heavy atom. The quantitative estimate of drug-likeness (QED) is 0.119. The predicted octanol–water partition coefficient (Wildman–Crippen LogP) is 1.45. The number of rotatable bonds is 8. The number of ketones is 3. The third-order valence-electron chi connectivity index (χ3n) is 13.3. The van der Waals surface area contributed by atoms with E-state index in [1.54, 1.807) is 33.8 Å². The van der Waals surface area contributed by atoms with Crippen molar-refractivity contribution in [2.24, 2.45) is 39.4 Å². The van der Waals surface area contributed by atoms with Gasteiger partial charge in [-0.05, 0) is 82.4 Å². The average molecular weight is 719 g/mol. The first-order valence-electron chi connectivity index (χ1n) is 17.6. The number of Topliss-reactive ketones (excluding diaryl/α,β-unsaturated/α-hetero) is 2. The molecule has 1 unspecified atom stereocenters. The van der Waals surface area contributed by atoms with Crippen LogP contribution in [0.5, 0.6) is 0 Å². The SMILES string of the molecule is CC(=O)OC(C)(C)C=CC(=O)[C@](C)(O)C1[C@H](O)C[C@@]2(C)[C@@H]3CC=C4[C@@H](C=C(O[C@@H]5O[C@H](CO)[C@@H](O)[C@H](O)[C@H]5O)C(=O)C4(C)C)[C@]3(C)C(=O)C[C@]12C. The van der Waals surface area contributed by atoms with E-state index >= 15 is 0 Å². The molecular weight excluding hydrogens is 664 g/mol. The number of aliphatic hydroxyl groups is 6. The summed E-state index contributed by atoms with van der Waals surface area (Å²) < 4.78 is 16.7. The molecule has 1 saturated heterocycles. The third-order valence-corrected chi connectivity index (χ3v) is 13.3. The zero-order valence-corrected chi connectivity index (χ0v) is 30.9. The second kappa shape index (κ2) is 12.7. The normalized spacial score (nSPS) is 43.3. The minimum atomic E-state index is -2.09. The summed E-state index contributed by atoms with van der Waals surface area (Å²) in [6, 6.07) is 0. The van der Waals surface area contributed by atoms with Gasteiger partial charge in [-0.2, -0.15) is 0 Å². The molecular formula is C38H54O13. The molecule has 13 heteroatoms. The van der Waals surface area contributed by atoms with Gasteiger partial charge in [0, 0.05) is 30.6 Å². The summed E-state index contributed by atoms with van der Waals surface area (Å²) in [5.74, 6) is -4.17. The smallest absolute Gasteiger partial charge is 0.303 e. The molecule has 0 amide bonds. The van der Waals surface area contributed by atoms with Gasteiger partial charge < -0.3 is 44.8 Å². The van der Waals surface area contributed by atoms with Gasteiger partial charge in [0.1, 0.15) is 41.4 Å². The van der Waals surface area contributed by atoms with E-state index in [-0.39, 0.29) is 24.4 Å². The number of hydrogen-bond acceptors (Lipinski definition) is 13. The van der Waals surface area contributed by atoms with Crippen LogP contribution < -0.4 is 0 Å². The van der Waals surface area contributed by atoms with E-state index < -0.39 is 112 Å². The molecule has 0 bridgehead atoms. The lowest BCUT2D eigenvalue weighted by molar-refractivity contribution is -0.291. The van der Waals surface area contributed by atoms with Gasteiger partial charge in [0.2, 0.25) is 12.1 Å². The fourth-order valence-electron chi connectivity index (χ4n) is 10.3. The Kier molecular flexibility index (Phi) is 9.80. The van der Waals surface area contributed by atoms with Crippen LogP contribution in [0.25, 0.3) is 0 Å². The van der Waals surface area contributed by atoms with E-state index in [4.69, 9.17) is 14.2 Å². The second-order valence-electron chi connectivity index (χ2n) is 17.2. The van der Waals surface area contributed by atoms with Crippen molar-refractivity contribution in [2.75, 3.05) is 6.61 Å². The highest BCUT2D eigenvalue weighted by Gasteiger charge is 2.74. The Balaban J connectivity index is 1.52. The fourth-order valence-corrected chi connectivity index (χ4v) is 10.3. The topological polar surface area (TPSA) is 217 Å². The molecule has 0 aromatic rings. The van der Waals surface area contributed by atoms with E-state index in [9.17, 15) is 49.8 Å². The van der Waals surface area contributed by atoms with Gasteiger partial charge >= 0.3 is 5.97 Å². The molecule has 3 fully saturated rings. The summed E-state index contributed by atoms with van der Waals surface area (Å²) in [7, 11) is 0. The zero-order valence-electron chi connectivity index (χ0n) is 30.9. The molecule has 6 N–H and O–H groups in total. The standard InChI is InChI=1S/C38H54O13/c1-18(40)51-33(2,3)13-12-25(42)38(9,48)30-21(41)15-35(6)24-11-10-19-20(37(24,8)26(43)16-36(30,35)7)14-22(31(47)34(19,4)5)49-32-29(46)28(45)27(44)23(17-39)50-32/h10,12-14,20-21,23-24,27-30,32,39,41,44-46,48H,11,15-17H2,1-9H3/t20-,21-,23-,24+,27-,28+,29-,30?,32-,35+,36-,37+,38+/m1/s1. The minimum Gasteiger partial charge on any atom is -0.459 e. The van der Waals surface area contributed by atoms with Crippen molar-refractivity contribution in [3.05, 3.63) is 35.6 Å².